The molecule has 8 heteroatoms. The average Bonchev–Trinajstić information content (AvgIpc) is 2.96. The second-order valence-electron chi connectivity index (χ2n) is 5.80. The maximum Gasteiger partial charge on any atom is 0.252 e. The second kappa shape index (κ2) is 8.41. The fourth-order valence-electron chi connectivity index (χ4n) is 2.71. The Hall–Kier alpha value is -2.58. The molecular formula is C19H18F2N2O3S. The Morgan fingerprint density at radius 1 is 1.22 bits per heavy atom. The molecule has 2 aromatic carbocycles. The number of aromatic nitrogens is 1. The van der Waals surface area contributed by atoms with Gasteiger partial charge in [0, 0.05) is 19.7 Å². The van der Waals surface area contributed by atoms with Crippen LogP contribution in [0.3, 0.4) is 0 Å². The molecule has 142 valence electrons. The van der Waals surface area contributed by atoms with E-state index in [4.69, 9.17) is 9.47 Å². The number of hydrogen-bond acceptors (Lipinski definition) is 4. The lowest BCUT2D eigenvalue weighted by Gasteiger charge is -2.05. The van der Waals surface area contributed by atoms with Crippen LogP contribution in [0, 0.1) is 11.6 Å². The largest absolute Gasteiger partial charge is 0.497 e. The van der Waals surface area contributed by atoms with E-state index in [-0.39, 0.29) is 17.8 Å². The third-order valence-electron chi connectivity index (χ3n) is 3.92. The molecule has 0 aliphatic heterocycles. The van der Waals surface area contributed by atoms with Crippen molar-refractivity contribution in [2.24, 2.45) is 4.99 Å². The van der Waals surface area contributed by atoms with Gasteiger partial charge in [-0.25, -0.2) is 8.78 Å². The van der Waals surface area contributed by atoms with Gasteiger partial charge in [-0.05, 0) is 23.8 Å². The van der Waals surface area contributed by atoms with Crippen LogP contribution in [0.25, 0.3) is 10.2 Å². The van der Waals surface area contributed by atoms with Crippen molar-refractivity contribution in [3.05, 3.63) is 58.4 Å². The maximum atomic E-state index is 14.3. The number of rotatable bonds is 6. The van der Waals surface area contributed by atoms with Crippen LogP contribution < -0.4 is 9.54 Å². The Bertz CT molecular complexity index is 1040. The molecule has 0 saturated carbocycles. The van der Waals surface area contributed by atoms with E-state index in [9.17, 15) is 13.6 Å². The van der Waals surface area contributed by atoms with E-state index in [1.54, 1.807) is 35.9 Å². The van der Waals surface area contributed by atoms with Crippen molar-refractivity contribution >= 4 is 27.5 Å². The number of benzene rings is 2. The van der Waals surface area contributed by atoms with Crippen LogP contribution in [0.15, 0.2) is 41.4 Å². The Kier molecular flexibility index (Phi) is 5.98. The molecule has 0 radical (unpaired) electrons. The van der Waals surface area contributed by atoms with Crippen molar-refractivity contribution in [3.8, 4) is 5.75 Å². The van der Waals surface area contributed by atoms with Crippen LogP contribution in [-0.4, -0.2) is 31.3 Å². The minimum Gasteiger partial charge on any atom is -0.497 e. The molecule has 1 amide bonds. The van der Waals surface area contributed by atoms with Crippen LogP contribution in [0.1, 0.15) is 5.56 Å². The lowest BCUT2D eigenvalue weighted by atomic mass is 10.1. The molecule has 0 saturated heterocycles. The zero-order chi connectivity index (χ0) is 19.4. The van der Waals surface area contributed by atoms with Gasteiger partial charge in [0.1, 0.15) is 11.6 Å². The maximum absolute atomic E-state index is 14.3. The smallest absolute Gasteiger partial charge is 0.252 e. The van der Waals surface area contributed by atoms with Gasteiger partial charge in [0.25, 0.3) is 5.91 Å². The predicted octanol–water partition coefficient (Wildman–Crippen LogP) is 3.31. The molecule has 0 atom stereocenters. The number of carbonyl (C=O) groups is 1. The number of fused-ring (bicyclic) bond motifs is 1. The SMILES string of the molecule is COCCn1c(=NC(=O)Cc2cccc(OC)c2)sc2cc(F)cc(F)c21. The lowest BCUT2D eigenvalue weighted by molar-refractivity contribution is -0.117. The van der Waals surface area contributed by atoms with Crippen molar-refractivity contribution < 1.29 is 23.0 Å². The monoisotopic (exact) mass is 392 g/mol. The number of hydrogen-bond donors (Lipinski definition) is 0. The first-order valence-electron chi connectivity index (χ1n) is 8.19. The summed E-state index contributed by atoms with van der Waals surface area (Å²) in [6.45, 7) is 0.601. The fraction of sp³-hybridized carbons (Fsp3) is 0.263. The predicted molar refractivity (Wildman–Crippen MR) is 98.9 cm³/mol. The summed E-state index contributed by atoms with van der Waals surface area (Å²) in [6, 6.07) is 9.18. The Morgan fingerprint density at radius 3 is 2.78 bits per heavy atom. The highest BCUT2D eigenvalue weighted by molar-refractivity contribution is 7.16. The topological polar surface area (TPSA) is 52.8 Å². The van der Waals surface area contributed by atoms with Crippen LogP contribution in [0.4, 0.5) is 8.78 Å². The van der Waals surface area contributed by atoms with Crippen molar-refractivity contribution in [1.82, 2.24) is 4.57 Å². The average molecular weight is 392 g/mol. The van der Waals surface area contributed by atoms with Gasteiger partial charge in [-0.3, -0.25) is 4.79 Å². The van der Waals surface area contributed by atoms with Crippen LogP contribution in [0.5, 0.6) is 5.75 Å². The Labute approximate surface area is 158 Å². The molecule has 0 aliphatic rings. The first-order chi connectivity index (χ1) is 13.0. The van der Waals surface area contributed by atoms with E-state index >= 15 is 0 Å². The van der Waals surface area contributed by atoms with E-state index < -0.39 is 11.6 Å². The highest BCUT2D eigenvalue weighted by Gasteiger charge is 2.14. The number of ether oxygens (including phenoxy) is 2. The standard InChI is InChI=1S/C19H18F2N2O3S/c1-25-7-6-23-18-15(21)10-13(20)11-16(18)27-19(23)22-17(24)9-12-4-3-5-14(8-12)26-2/h3-5,8,10-11H,6-7,9H2,1-2H3. The number of nitrogens with zero attached hydrogens (tertiary/aromatic N) is 2. The molecule has 5 nitrogen and oxygen atoms in total. The first kappa shape index (κ1) is 19.2. The van der Waals surface area contributed by atoms with E-state index in [1.807, 2.05) is 0 Å². The van der Waals surface area contributed by atoms with Gasteiger partial charge in [-0.2, -0.15) is 4.99 Å². The zero-order valence-corrected chi connectivity index (χ0v) is 15.7. The summed E-state index contributed by atoms with van der Waals surface area (Å²) >= 11 is 1.06. The Morgan fingerprint density at radius 2 is 2.04 bits per heavy atom. The van der Waals surface area contributed by atoms with Gasteiger partial charge in [0.05, 0.1) is 30.4 Å². The van der Waals surface area contributed by atoms with Gasteiger partial charge >= 0.3 is 0 Å². The summed E-state index contributed by atoms with van der Waals surface area (Å²) in [6.07, 6.45) is 0.0760. The lowest BCUT2D eigenvalue weighted by Crippen LogP contribution is -2.20. The van der Waals surface area contributed by atoms with Crippen molar-refractivity contribution in [1.29, 1.82) is 0 Å². The normalized spacial score (nSPS) is 11.9. The Balaban J connectivity index is 2.00. The zero-order valence-electron chi connectivity index (χ0n) is 14.9. The third kappa shape index (κ3) is 4.40. The van der Waals surface area contributed by atoms with Crippen LogP contribution in [-0.2, 0) is 22.5 Å². The quantitative estimate of drug-likeness (QED) is 0.647. The highest BCUT2D eigenvalue weighted by Crippen LogP contribution is 2.22. The summed E-state index contributed by atoms with van der Waals surface area (Å²) in [7, 11) is 3.07. The number of halogens is 2. The molecule has 0 spiro atoms. The number of methoxy groups -OCH3 is 2. The molecule has 0 aliphatic carbocycles. The first-order valence-corrected chi connectivity index (χ1v) is 9.01. The number of carbonyl (C=O) groups excluding carboxylic acids is 1. The molecule has 27 heavy (non-hydrogen) atoms. The van der Waals surface area contributed by atoms with Crippen molar-refractivity contribution in [2.75, 3.05) is 20.8 Å². The van der Waals surface area contributed by atoms with E-state index in [2.05, 4.69) is 4.99 Å². The number of thiazole rings is 1. The molecule has 0 unspecified atom stereocenters. The second-order valence-corrected chi connectivity index (χ2v) is 6.81. The molecule has 0 fully saturated rings. The van der Waals surface area contributed by atoms with Gasteiger partial charge in [0.15, 0.2) is 10.6 Å². The van der Waals surface area contributed by atoms with Crippen molar-refractivity contribution in [3.63, 3.8) is 0 Å². The molecule has 1 aromatic heterocycles. The summed E-state index contributed by atoms with van der Waals surface area (Å²) in [5.74, 6) is -1.11. The minimum atomic E-state index is -0.695. The third-order valence-corrected chi connectivity index (χ3v) is 4.95. The summed E-state index contributed by atoms with van der Waals surface area (Å²) in [4.78, 5) is 16.9. The van der Waals surface area contributed by atoms with Crippen LogP contribution >= 0.6 is 11.3 Å². The van der Waals surface area contributed by atoms with Gasteiger partial charge in [-0.1, -0.05) is 23.5 Å². The van der Waals surface area contributed by atoms with E-state index in [0.717, 1.165) is 23.0 Å². The molecule has 0 N–H and O–H groups in total. The van der Waals surface area contributed by atoms with E-state index in [0.29, 0.717) is 28.4 Å². The van der Waals surface area contributed by atoms with Gasteiger partial charge in [0.2, 0.25) is 0 Å². The van der Waals surface area contributed by atoms with Gasteiger partial charge in [-0.15, -0.1) is 0 Å². The highest BCUT2D eigenvalue weighted by atomic mass is 32.1. The van der Waals surface area contributed by atoms with E-state index in [1.165, 1.54) is 13.2 Å². The summed E-state index contributed by atoms with van der Waals surface area (Å²) in [5, 5.41) is 0. The molecule has 0 bridgehead atoms. The molecule has 3 aromatic rings. The fourth-order valence-corrected chi connectivity index (χ4v) is 3.82. The van der Waals surface area contributed by atoms with Crippen molar-refractivity contribution in [2.45, 2.75) is 13.0 Å². The van der Waals surface area contributed by atoms with Gasteiger partial charge < -0.3 is 14.0 Å². The number of amides is 1. The summed E-state index contributed by atoms with van der Waals surface area (Å²) < 4.78 is 39.9. The summed E-state index contributed by atoms with van der Waals surface area (Å²) in [5.41, 5.74) is 0.969. The minimum absolute atomic E-state index is 0.0760. The van der Waals surface area contributed by atoms with Crippen LogP contribution in [0.2, 0.25) is 0 Å². The molecule has 3 rings (SSSR count). The molecule has 1 heterocycles. The molecular weight excluding hydrogens is 374 g/mol.